The van der Waals surface area contributed by atoms with Gasteiger partial charge in [-0.05, 0) is 60.5 Å². The van der Waals surface area contributed by atoms with Crippen molar-refractivity contribution in [3.63, 3.8) is 0 Å². The maximum absolute atomic E-state index is 12.9. The van der Waals surface area contributed by atoms with Gasteiger partial charge in [0, 0.05) is 35.9 Å². The van der Waals surface area contributed by atoms with Gasteiger partial charge in [0.2, 0.25) is 0 Å². The first-order valence-electron chi connectivity index (χ1n) is 9.13. The second-order valence-corrected chi connectivity index (χ2v) is 6.58. The molecule has 4 rings (SSSR count). The van der Waals surface area contributed by atoms with Crippen molar-refractivity contribution in [2.45, 2.75) is 6.42 Å². The van der Waals surface area contributed by atoms with Crippen LogP contribution in [0, 0.1) is 5.82 Å². The van der Waals surface area contributed by atoms with Crippen LogP contribution in [0.3, 0.4) is 0 Å². The van der Waals surface area contributed by atoms with Gasteiger partial charge in [-0.15, -0.1) is 0 Å². The molecule has 0 saturated carbocycles. The Morgan fingerprint density at radius 2 is 1.83 bits per heavy atom. The number of amides is 2. The summed E-state index contributed by atoms with van der Waals surface area (Å²) >= 11 is 0. The smallest absolute Gasteiger partial charge is 0.262 e. The third kappa shape index (κ3) is 4.24. The van der Waals surface area contributed by atoms with E-state index < -0.39 is 0 Å². The van der Waals surface area contributed by atoms with E-state index in [0.717, 1.165) is 17.7 Å². The number of nitrogens with zero attached hydrogens (tertiary/aromatic N) is 2. The first kappa shape index (κ1) is 18.6. The highest BCUT2D eigenvalue weighted by Crippen LogP contribution is 2.32. The van der Waals surface area contributed by atoms with E-state index in [0.29, 0.717) is 23.5 Å². The molecule has 0 radical (unpaired) electrons. The number of rotatable bonds is 5. The second-order valence-electron chi connectivity index (χ2n) is 6.58. The van der Waals surface area contributed by atoms with Crippen LogP contribution in [0.1, 0.15) is 15.9 Å². The maximum Gasteiger partial charge on any atom is 0.262 e. The van der Waals surface area contributed by atoms with Gasteiger partial charge in [-0.3, -0.25) is 14.6 Å². The van der Waals surface area contributed by atoms with Crippen LogP contribution in [-0.2, 0) is 11.2 Å². The van der Waals surface area contributed by atoms with Gasteiger partial charge in [-0.25, -0.2) is 4.39 Å². The quantitative estimate of drug-likeness (QED) is 0.723. The minimum atomic E-state index is -0.370. The van der Waals surface area contributed by atoms with Crippen LogP contribution in [0.4, 0.5) is 15.8 Å². The molecule has 0 bridgehead atoms. The first-order valence-corrected chi connectivity index (χ1v) is 9.13. The summed E-state index contributed by atoms with van der Waals surface area (Å²) in [5, 5.41) is 2.77. The highest BCUT2D eigenvalue weighted by atomic mass is 19.1. The van der Waals surface area contributed by atoms with Crippen molar-refractivity contribution >= 4 is 23.2 Å². The third-order valence-electron chi connectivity index (χ3n) is 4.62. The van der Waals surface area contributed by atoms with Crippen molar-refractivity contribution in [1.82, 2.24) is 4.98 Å². The number of anilines is 2. The zero-order valence-electron chi connectivity index (χ0n) is 15.5. The van der Waals surface area contributed by atoms with E-state index in [1.165, 1.54) is 24.3 Å². The molecule has 0 spiro atoms. The predicted molar refractivity (Wildman–Crippen MR) is 107 cm³/mol. The molecule has 0 fully saturated rings. The first-order chi connectivity index (χ1) is 14.1. The van der Waals surface area contributed by atoms with E-state index in [-0.39, 0.29) is 24.2 Å². The zero-order chi connectivity index (χ0) is 20.2. The molecule has 1 aliphatic rings. The lowest BCUT2D eigenvalue weighted by Crippen LogP contribution is -2.29. The number of nitrogens with one attached hydrogen (secondary N) is 1. The summed E-state index contributed by atoms with van der Waals surface area (Å²) in [5.41, 5.74) is 2.97. The van der Waals surface area contributed by atoms with Gasteiger partial charge < -0.3 is 15.0 Å². The molecule has 1 aliphatic heterocycles. The number of halogens is 1. The Morgan fingerprint density at radius 1 is 1.07 bits per heavy atom. The van der Waals surface area contributed by atoms with Crippen LogP contribution in [0.5, 0.6) is 5.75 Å². The van der Waals surface area contributed by atoms with Gasteiger partial charge in [0.1, 0.15) is 11.6 Å². The number of benzene rings is 2. The fourth-order valence-corrected chi connectivity index (χ4v) is 3.20. The van der Waals surface area contributed by atoms with Gasteiger partial charge >= 0.3 is 0 Å². The minimum absolute atomic E-state index is 0.103. The number of carbonyl (C=O) groups is 2. The summed E-state index contributed by atoms with van der Waals surface area (Å²) in [5.74, 6) is -0.413. The summed E-state index contributed by atoms with van der Waals surface area (Å²) in [7, 11) is 0. The van der Waals surface area contributed by atoms with Gasteiger partial charge in [0.05, 0.1) is 0 Å². The van der Waals surface area contributed by atoms with E-state index in [4.69, 9.17) is 4.74 Å². The van der Waals surface area contributed by atoms with Crippen molar-refractivity contribution < 1.29 is 18.7 Å². The molecule has 6 nitrogen and oxygen atoms in total. The summed E-state index contributed by atoms with van der Waals surface area (Å²) in [6, 6.07) is 14.3. The van der Waals surface area contributed by atoms with Crippen molar-refractivity contribution in [3.8, 4) is 5.75 Å². The van der Waals surface area contributed by atoms with E-state index >= 15 is 0 Å². The Kier molecular flexibility index (Phi) is 5.20. The molecule has 0 atom stereocenters. The number of pyridine rings is 1. The van der Waals surface area contributed by atoms with E-state index in [2.05, 4.69) is 10.3 Å². The highest BCUT2D eigenvalue weighted by molar-refractivity contribution is 6.07. The van der Waals surface area contributed by atoms with Crippen LogP contribution in [0.2, 0.25) is 0 Å². The number of hydrogen-bond donors (Lipinski definition) is 1. The van der Waals surface area contributed by atoms with Crippen LogP contribution < -0.4 is 15.0 Å². The molecule has 2 heterocycles. The second kappa shape index (κ2) is 8.10. The lowest BCUT2D eigenvalue weighted by atomic mass is 10.1. The van der Waals surface area contributed by atoms with Crippen LogP contribution >= 0.6 is 0 Å². The summed E-state index contributed by atoms with van der Waals surface area (Å²) in [6.45, 7) is 0.379. The number of aromatic nitrogens is 1. The zero-order valence-corrected chi connectivity index (χ0v) is 15.5. The molecule has 1 N–H and O–H groups in total. The Balaban J connectivity index is 1.43. The molecule has 146 valence electrons. The average Bonchev–Trinajstić information content (AvgIpc) is 3.16. The Morgan fingerprint density at radius 3 is 2.59 bits per heavy atom. The van der Waals surface area contributed by atoms with E-state index in [1.54, 1.807) is 41.6 Å². The molecule has 7 heteroatoms. The molecule has 0 unspecified atom stereocenters. The third-order valence-corrected chi connectivity index (χ3v) is 4.62. The number of ether oxygens (including phenoxy) is 1. The highest BCUT2D eigenvalue weighted by Gasteiger charge is 2.26. The molecule has 2 aromatic carbocycles. The Bertz CT molecular complexity index is 1040. The van der Waals surface area contributed by atoms with E-state index in [9.17, 15) is 14.0 Å². The molecule has 3 aromatic rings. The molecule has 1 aromatic heterocycles. The van der Waals surface area contributed by atoms with Crippen molar-refractivity contribution in [3.05, 3.63) is 83.9 Å². The van der Waals surface area contributed by atoms with Gasteiger partial charge in [-0.1, -0.05) is 6.07 Å². The number of fused-ring (bicyclic) bond motifs is 1. The fraction of sp³-hybridized carbons (Fsp3) is 0.136. The van der Waals surface area contributed by atoms with E-state index in [1.807, 2.05) is 6.07 Å². The monoisotopic (exact) mass is 391 g/mol. The molecule has 29 heavy (non-hydrogen) atoms. The van der Waals surface area contributed by atoms with Crippen molar-refractivity contribution in [2.75, 3.05) is 23.4 Å². The number of carbonyl (C=O) groups excluding carboxylic acids is 2. The topological polar surface area (TPSA) is 71.5 Å². The average molecular weight is 391 g/mol. The van der Waals surface area contributed by atoms with Crippen LogP contribution in [0.15, 0.2) is 67.0 Å². The summed E-state index contributed by atoms with van der Waals surface area (Å²) in [6.07, 6.45) is 3.93. The van der Waals surface area contributed by atoms with Gasteiger partial charge in [0.15, 0.2) is 6.61 Å². The molecule has 0 saturated heterocycles. The lowest BCUT2D eigenvalue weighted by Gasteiger charge is -2.18. The molecule has 2 amide bonds. The molecular formula is C22H18FN3O3. The lowest BCUT2D eigenvalue weighted by molar-refractivity contribution is -0.118. The SMILES string of the molecule is O=C(COc1ccc(F)cc1)Nc1ccc2c(c1)N(C(=O)c1ccncc1)CC2. The summed E-state index contributed by atoms with van der Waals surface area (Å²) < 4.78 is 18.3. The minimum Gasteiger partial charge on any atom is -0.484 e. The number of hydrogen-bond acceptors (Lipinski definition) is 4. The fourth-order valence-electron chi connectivity index (χ4n) is 3.20. The molecular weight excluding hydrogens is 373 g/mol. The molecule has 0 aliphatic carbocycles. The standard InChI is InChI=1S/C22H18FN3O3/c23-17-2-5-19(6-3-17)29-14-21(27)25-18-4-1-15-9-12-26(20(15)13-18)22(28)16-7-10-24-11-8-16/h1-8,10-11,13H,9,12,14H2,(H,25,27). The van der Waals surface area contributed by atoms with Crippen molar-refractivity contribution in [1.29, 1.82) is 0 Å². The van der Waals surface area contributed by atoms with Crippen LogP contribution in [-0.4, -0.2) is 29.9 Å². The van der Waals surface area contributed by atoms with Crippen molar-refractivity contribution in [2.24, 2.45) is 0 Å². The van der Waals surface area contributed by atoms with Gasteiger partial charge in [0.25, 0.3) is 11.8 Å². The predicted octanol–water partition coefficient (Wildman–Crippen LogP) is 3.44. The maximum atomic E-state index is 12.9. The Labute approximate surface area is 166 Å². The largest absolute Gasteiger partial charge is 0.484 e. The normalized spacial score (nSPS) is 12.4. The van der Waals surface area contributed by atoms with Crippen LogP contribution in [0.25, 0.3) is 0 Å². The van der Waals surface area contributed by atoms with Gasteiger partial charge in [-0.2, -0.15) is 0 Å². The summed E-state index contributed by atoms with van der Waals surface area (Å²) in [4.78, 5) is 30.6. The Hall–Kier alpha value is -3.74.